The zero-order valence-corrected chi connectivity index (χ0v) is 18.7. The zero-order valence-electron chi connectivity index (χ0n) is 17.8. The van der Waals surface area contributed by atoms with Crippen LogP contribution in [0.3, 0.4) is 0 Å². The monoisotopic (exact) mass is 420 g/mol. The highest BCUT2D eigenvalue weighted by Crippen LogP contribution is 2.40. The highest BCUT2D eigenvalue weighted by atomic mass is 32.1. The molecule has 1 aliphatic carbocycles. The molecule has 7 nitrogen and oxygen atoms in total. The molecule has 0 saturated carbocycles. The summed E-state index contributed by atoms with van der Waals surface area (Å²) in [5, 5.41) is 12.9. The third-order valence-corrected chi connectivity index (χ3v) is 6.17. The number of primary amides is 1. The normalized spacial score (nSPS) is 16.7. The molecule has 3 rings (SSSR count). The first kappa shape index (κ1) is 23.0. The lowest BCUT2D eigenvalue weighted by Crippen LogP contribution is -2.44. The van der Waals surface area contributed by atoms with Gasteiger partial charge >= 0.3 is 6.09 Å². The van der Waals surface area contributed by atoms with Crippen molar-refractivity contribution < 1.29 is 14.3 Å². The third-order valence-electron chi connectivity index (χ3n) is 4.82. The SMILES string of the molecule is CC(NC(=O)OC(C)(C)C)C(N)=O.N#Cc1c(N2CCCC2)sc2c1CCCC2. The van der Waals surface area contributed by atoms with Crippen molar-refractivity contribution in [2.24, 2.45) is 5.73 Å². The minimum atomic E-state index is -0.713. The Kier molecular flexibility index (Phi) is 7.91. The Morgan fingerprint density at radius 2 is 1.83 bits per heavy atom. The highest BCUT2D eigenvalue weighted by Gasteiger charge is 2.25. The van der Waals surface area contributed by atoms with Gasteiger partial charge in [0.15, 0.2) is 0 Å². The van der Waals surface area contributed by atoms with Crippen LogP contribution >= 0.6 is 11.3 Å². The number of rotatable bonds is 3. The molecule has 2 amide bonds. The number of thiophene rings is 1. The molecule has 0 bridgehead atoms. The zero-order chi connectivity index (χ0) is 21.6. The second kappa shape index (κ2) is 9.97. The largest absolute Gasteiger partial charge is 0.444 e. The summed E-state index contributed by atoms with van der Waals surface area (Å²) >= 11 is 1.89. The Bertz CT molecular complexity index is 770. The third kappa shape index (κ3) is 6.64. The van der Waals surface area contributed by atoms with Crippen LogP contribution in [0.4, 0.5) is 9.80 Å². The van der Waals surface area contributed by atoms with E-state index in [0.717, 1.165) is 25.1 Å². The highest BCUT2D eigenvalue weighted by molar-refractivity contribution is 7.16. The predicted octanol–water partition coefficient (Wildman–Crippen LogP) is 3.48. The standard InChI is InChI=1S/C13H16N2S.C8H16N2O3/c14-9-11-10-5-1-2-6-12(10)16-13(11)15-7-3-4-8-15;1-5(6(9)11)10-7(12)13-8(2,3)4/h1-8H2;5H,1-4H3,(H2,9,11)(H,10,12). The summed E-state index contributed by atoms with van der Waals surface area (Å²) in [5.74, 6) is -0.592. The number of fused-ring (bicyclic) bond motifs is 1. The number of nitrogens with one attached hydrogen (secondary N) is 1. The Hall–Kier alpha value is -2.27. The Labute approximate surface area is 177 Å². The van der Waals surface area contributed by atoms with Crippen LogP contribution in [-0.4, -0.2) is 36.7 Å². The van der Waals surface area contributed by atoms with Gasteiger partial charge in [-0.1, -0.05) is 0 Å². The number of nitrogens with two attached hydrogens (primary N) is 1. The molecule has 1 fully saturated rings. The van der Waals surface area contributed by atoms with Crippen molar-refractivity contribution in [2.75, 3.05) is 18.0 Å². The number of nitrogens with zero attached hydrogens (tertiary/aromatic N) is 2. The number of alkyl carbamates (subject to hydrolysis) is 1. The van der Waals surface area contributed by atoms with Gasteiger partial charge in [0.2, 0.25) is 5.91 Å². The first-order valence-corrected chi connectivity index (χ1v) is 11.0. The number of anilines is 1. The van der Waals surface area contributed by atoms with E-state index in [2.05, 4.69) is 16.3 Å². The molecule has 29 heavy (non-hydrogen) atoms. The van der Waals surface area contributed by atoms with Gasteiger partial charge in [0.1, 0.15) is 22.7 Å². The first-order chi connectivity index (χ1) is 13.6. The van der Waals surface area contributed by atoms with Crippen LogP contribution in [0.25, 0.3) is 0 Å². The van der Waals surface area contributed by atoms with E-state index >= 15 is 0 Å². The molecule has 0 radical (unpaired) electrons. The fourth-order valence-corrected chi connectivity index (χ4v) is 4.75. The van der Waals surface area contributed by atoms with Crippen molar-refractivity contribution in [2.45, 2.75) is 77.9 Å². The van der Waals surface area contributed by atoms with E-state index in [0.29, 0.717) is 0 Å². The van der Waals surface area contributed by atoms with Gasteiger partial charge in [-0.05, 0) is 71.8 Å². The van der Waals surface area contributed by atoms with Gasteiger partial charge < -0.3 is 20.7 Å². The van der Waals surface area contributed by atoms with Crippen molar-refractivity contribution in [1.82, 2.24) is 5.32 Å². The second-order valence-electron chi connectivity index (χ2n) is 8.47. The lowest BCUT2D eigenvalue weighted by atomic mass is 9.96. The summed E-state index contributed by atoms with van der Waals surface area (Å²) in [4.78, 5) is 25.5. The molecular weight excluding hydrogens is 388 g/mol. The van der Waals surface area contributed by atoms with Crippen molar-refractivity contribution >= 4 is 28.3 Å². The maximum absolute atomic E-state index is 11.0. The average molecular weight is 421 g/mol. The molecule has 0 spiro atoms. The Morgan fingerprint density at radius 1 is 1.21 bits per heavy atom. The Morgan fingerprint density at radius 3 is 2.38 bits per heavy atom. The maximum atomic E-state index is 11.0. The number of aryl methyl sites for hydroxylation is 1. The predicted molar refractivity (Wildman–Crippen MR) is 115 cm³/mol. The minimum absolute atomic E-state index is 0.568. The average Bonchev–Trinajstić information content (AvgIpc) is 3.27. The number of hydrogen-bond donors (Lipinski definition) is 2. The fourth-order valence-electron chi connectivity index (χ4n) is 3.37. The number of nitriles is 1. The molecule has 2 aliphatic rings. The van der Waals surface area contributed by atoms with Crippen LogP contribution in [0.1, 0.15) is 69.4 Å². The topological polar surface area (TPSA) is 108 Å². The quantitative estimate of drug-likeness (QED) is 0.778. The number of carbonyl (C=O) groups is 2. The molecule has 160 valence electrons. The van der Waals surface area contributed by atoms with E-state index in [1.807, 2.05) is 11.3 Å². The van der Waals surface area contributed by atoms with E-state index in [1.165, 1.54) is 54.5 Å². The van der Waals surface area contributed by atoms with E-state index < -0.39 is 23.6 Å². The molecule has 1 atom stereocenters. The van der Waals surface area contributed by atoms with E-state index in [-0.39, 0.29) is 0 Å². The van der Waals surface area contributed by atoms with Gasteiger partial charge in [0.05, 0.1) is 5.56 Å². The second-order valence-corrected chi connectivity index (χ2v) is 9.55. The summed E-state index contributed by atoms with van der Waals surface area (Å²) in [6, 6.07) is 1.74. The number of carbonyl (C=O) groups excluding carboxylic acids is 2. The lowest BCUT2D eigenvalue weighted by Gasteiger charge is -2.20. The van der Waals surface area contributed by atoms with E-state index in [1.54, 1.807) is 20.8 Å². The van der Waals surface area contributed by atoms with Gasteiger partial charge in [-0.25, -0.2) is 4.79 Å². The van der Waals surface area contributed by atoms with Crippen LogP contribution < -0.4 is 16.0 Å². The summed E-state index contributed by atoms with van der Waals surface area (Å²) < 4.78 is 4.90. The number of ether oxygens (including phenoxy) is 1. The van der Waals surface area contributed by atoms with Crippen molar-refractivity contribution in [3.63, 3.8) is 0 Å². The van der Waals surface area contributed by atoms with Crippen molar-refractivity contribution in [3.05, 3.63) is 16.0 Å². The number of hydrogen-bond acceptors (Lipinski definition) is 6. The van der Waals surface area contributed by atoms with Crippen LogP contribution in [0.15, 0.2) is 0 Å². The molecule has 1 unspecified atom stereocenters. The van der Waals surface area contributed by atoms with E-state index in [9.17, 15) is 14.9 Å². The van der Waals surface area contributed by atoms with Gasteiger partial charge in [0, 0.05) is 18.0 Å². The molecule has 1 saturated heterocycles. The number of amides is 2. The molecular formula is C21H32N4O3S. The summed E-state index contributed by atoms with van der Waals surface area (Å²) in [6.45, 7) is 9.00. The fraction of sp³-hybridized carbons (Fsp3) is 0.667. The summed E-state index contributed by atoms with van der Waals surface area (Å²) in [5.41, 5.74) is 6.75. The van der Waals surface area contributed by atoms with Crippen LogP contribution in [0.2, 0.25) is 0 Å². The van der Waals surface area contributed by atoms with Crippen LogP contribution in [0.5, 0.6) is 0 Å². The van der Waals surface area contributed by atoms with Gasteiger partial charge in [-0.15, -0.1) is 11.3 Å². The summed E-state index contributed by atoms with van der Waals surface area (Å²) in [6.07, 6.45) is 6.82. The summed E-state index contributed by atoms with van der Waals surface area (Å²) in [7, 11) is 0. The smallest absolute Gasteiger partial charge is 0.408 e. The molecule has 0 aromatic carbocycles. The maximum Gasteiger partial charge on any atom is 0.408 e. The molecule has 2 heterocycles. The van der Waals surface area contributed by atoms with Crippen LogP contribution in [-0.2, 0) is 22.4 Å². The Balaban J connectivity index is 0.000000213. The van der Waals surface area contributed by atoms with Crippen molar-refractivity contribution in [3.8, 4) is 6.07 Å². The molecule has 1 aromatic rings. The molecule has 8 heteroatoms. The van der Waals surface area contributed by atoms with Crippen LogP contribution in [0, 0.1) is 11.3 Å². The minimum Gasteiger partial charge on any atom is -0.444 e. The molecule has 1 aromatic heterocycles. The van der Waals surface area contributed by atoms with Gasteiger partial charge in [-0.3, -0.25) is 4.79 Å². The van der Waals surface area contributed by atoms with Gasteiger partial charge in [0.25, 0.3) is 0 Å². The lowest BCUT2D eigenvalue weighted by molar-refractivity contribution is -0.119. The van der Waals surface area contributed by atoms with Gasteiger partial charge in [-0.2, -0.15) is 5.26 Å². The molecule has 3 N–H and O–H groups in total. The van der Waals surface area contributed by atoms with Crippen molar-refractivity contribution in [1.29, 1.82) is 5.26 Å². The molecule has 1 aliphatic heterocycles. The van der Waals surface area contributed by atoms with E-state index in [4.69, 9.17) is 10.5 Å². The first-order valence-electron chi connectivity index (χ1n) is 10.2.